The van der Waals surface area contributed by atoms with Gasteiger partial charge in [0.25, 0.3) is 0 Å². The first kappa shape index (κ1) is 14.6. The fourth-order valence-electron chi connectivity index (χ4n) is 1.55. The summed E-state index contributed by atoms with van der Waals surface area (Å²) in [6, 6.07) is 5.65. The molecule has 0 bridgehead atoms. The Morgan fingerprint density at radius 1 is 1.28 bits per heavy atom. The van der Waals surface area contributed by atoms with Gasteiger partial charge in [-0.3, -0.25) is 0 Å². The zero-order valence-corrected chi connectivity index (χ0v) is 11.5. The van der Waals surface area contributed by atoms with E-state index >= 15 is 0 Å². The minimum Gasteiger partial charge on any atom is -0.491 e. The molecule has 100 valence electrons. The number of hydrogen-bond acceptors (Lipinski definition) is 3. The minimum atomic E-state index is -0.131. The van der Waals surface area contributed by atoms with Gasteiger partial charge in [-0.05, 0) is 51.0 Å². The standard InChI is InChI=1S/C15H23NO2/c1-5-6-12-11-13(16)7-8-14(12)17-9-10-18-15(2,3)4/h5,7-8,11H,1,6,9-10,16H2,2-4H3. The average Bonchev–Trinajstić information content (AvgIpc) is 2.26. The van der Waals surface area contributed by atoms with Crippen LogP contribution in [-0.2, 0) is 11.2 Å². The van der Waals surface area contributed by atoms with E-state index in [2.05, 4.69) is 6.58 Å². The monoisotopic (exact) mass is 249 g/mol. The summed E-state index contributed by atoms with van der Waals surface area (Å²) in [5.74, 6) is 0.849. The third kappa shape index (κ3) is 5.23. The molecular weight excluding hydrogens is 226 g/mol. The smallest absolute Gasteiger partial charge is 0.123 e. The lowest BCUT2D eigenvalue weighted by atomic mass is 10.1. The van der Waals surface area contributed by atoms with Gasteiger partial charge in [-0.15, -0.1) is 6.58 Å². The molecule has 2 N–H and O–H groups in total. The van der Waals surface area contributed by atoms with Gasteiger partial charge in [-0.25, -0.2) is 0 Å². The Morgan fingerprint density at radius 3 is 2.61 bits per heavy atom. The van der Waals surface area contributed by atoms with Crippen molar-refractivity contribution in [2.75, 3.05) is 18.9 Å². The van der Waals surface area contributed by atoms with Crippen LogP contribution in [0, 0.1) is 0 Å². The molecule has 3 nitrogen and oxygen atoms in total. The summed E-state index contributed by atoms with van der Waals surface area (Å²) >= 11 is 0. The summed E-state index contributed by atoms with van der Waals surface area (Å²) < 4.78 is 11.3. The predicted molar refractivity (Wildman–Crippen MR) is 76.0 cm³/mol. The number of ether oxygens (including phenoxy) is 2. The molecule has 0 saturated heterocycles. The summed E-state index contributed by atoms with van der Waals surface area (Å²) in [7, 11) is 0. The third-order valence-electron chi connectivity index (χ3n) is 2.32. The summed E-state index contributed by atoms with van der Waals surface area (Å²) in [6.07, 6.45) is 2.59. The second-order valence-electron chi connectivity index (χ2n) is 5.17. The van der Waals surface area contributed by atoms with Crippen LogP contribution < -0.4 is 10.5 Å². The Morgan fingerprint density at radius 2 is 2.00 bits per heavy atom. The van der Waals surface area contributed by atoms with Crippen LogP contribution in [0.4, 0.5) is 5.69 Å². The van der Waals surface area contributed by atoms with Gasteiger partial charge in [-0.2, -0.15) is 0 Å². The maximum atomic E-state index is 5.76. The molecular formula is C15H23NO2. The third-order valence-corrected chi connectivity index (χ3v) is 2.32. The molecule has 0 atom stereocenters. The molecule has 1 aromatic rings. The molecule has 0 unspecified atom stereocenters. The molecule has 0 fully saturated rings. The van der Waals surface area contributed by atoms with E-state index in [0.29, 0.717) is 13.2 Å². The summed E-state index contributed by atoms with van der Waals surface area (Å²) in [5.41, 5.74) is 7.42. The first-order chi connectivity index (χ1) is 8.42. The van der Waals surface area contributed by atoms with Crippen LogP contribution in [0.25, 0.3) is 0 Å². The molecule has 0 aliphatic rings. The SMILES string of the molecule is C=CCc1cc(N)ccc1OCCOC(C)(C)C. The average molecular weight is 249 g/mol. The van der Waals surface area contributed by atoms with E-state index < -0.39 is 0 Å². The van der Waals surface area contributed by atoms with Crippen LogP contribution in [0.15, 0.2) is 30.9 Å². The number of rotatable bonds is 6. The van der Waals surface area contributed by atoms with Gasteiger partial charge >= 0.3 is 0 Å². The highest BCUT2D eigenvalue weighted by atomic mass is 16.5. The Bertz CT molecular complexity index is 394. The molecule has 0 saturated carbocycles. The second-order valence-corrected chi connectivity index (χ2v) is 5.17. The molecule has 0 aliphatic carbocycles. The quantitative estimate of drug-likeness (QED) is 0.478. The van der Waals surface area contributed by atoms with Crippen molar-refractivity contribution in [3.05, 3.63) is 36.4 Å². The van der Waals surface area contributed by atoms with Crippen LogP contribution >= 0.6 is 0 Å². The first-order valence-electron chi connectivity index (χ1n) is 6.18. The normalized spacial score (nSPS) is 11.3. The van der Waals surface area contributed by atoms with E-state index in [9.17, 15) is 0 Å². The second kappa shape index (κ2) is 6.45. The zero-order chi connectivity index (χ0) is 13.6. The van der Waals surface area contributed by atoms with E-state index in [4.69, 9.17) is 15.2 Å². The van der Waals surface area contributed by atoms with Gasteiger partial charge in [0.1, 0.15) is 12.4 Å². The summed E-state index contributed by atoms with van der Waals surface area (Å²) in [4.78, 5) is 0. The Labute approximate surface area is 110 Å². The fourth-order valence-corrected chi connectivity index (χ4v) is 1.55. The van der Waals surface area contributed by atoms with Crippen LogP contribution in [0.3, 0.4) is 0 Å². The highest BCUT2D eigenvalue weighted by Crippen LogP contribution is 2.22. The largest absolute Gasteiger partial charge is 0.491 e. The predicted octanol–water partition coefficient (Wildman–Crippen LogP) is 3.19. The van der Waals surface area contributed by atoms with Crippen LogP contribution in [0.5, 0.6) is 5.75 Å². The number of allylic oxidation sites excluding steroid dienone is 1. The van der Waals surface area contributed by atoms with E-state index in [1.54, 1.807) is 0 Å². The van der Waals surface area contributed by atoms with Crippen LogP contribution in [0.1, 0.15) is 26.3 Å². The van der Waals surface area contributed by atoms with Crippen LogP contribution in [-0.4, -0.2) is 18.8 Å². The summed E-state index contributed by atoms with van der Waals surface area (Å²) in [6.45, 7) is 10.9. The minimum absolute atomic E-state index is 0.131. The summed E-state index contributed by atoms with van der Waals surface area (Å²) in [5, 5.41) is 0. The Hall–Kier alpha value is -1.48. The molecule has 0 radical (unpaired) electrons. The molecule has 0 spiro atoms. The lowest BCUT2D eigenvalue weighted by molar-refractivity contribution is -0.0163. The van der Waals surface area contributed by atoms with Crippen LogP contribution in [0.2, 0.25) is 0 Å². The topological polar surface area (TPSA) is 44.5 Å². The van der Waals surface area contributed by atoms with Crippen molar-refractivity contribution in [3.8, 4) is 5.75 Å². The van der Waals surface area contributed by atoms with Gasteiger partial charge < -0.3 is 15.2 Å². The Balaban J connectivity index is 2.53. The van der Waals surface area contributed by atoms with Crippen molar-refractivity contribution < 1.29 is 9.47 Å². The number of benzene rings is 1. The lowest BCUT2D eigenvalue weighted by Gasteiger charge is -2.20. The van der Waals surface area contributed by atoms with Gasteiger partial charge in [0.15, 0.2) is 0 Å². The zero-order valence-electron chi connectivity index (χ0n) is 11.5. The van der Waals surface area contributed by atoms with Crippen molar-refractivity contribution in [2.24, 2.45) is 0 Å². The van der Waals surface area contributed by atoms with Gasteiger partial charge in [-0.1, -0.05) is 6.08 Å². The van der Waals surface area contributed by atoms with E-state index in [-0.39, 0.29) is 5.60 Å². The fraction of sp³-hybridized carbons (Fsp3) is 0.467. The van der Waals surface area contributed by atoms with E-state index in [1.807, 2.05) is 45.0 Å². The number of nitrogens with two attached hydrogens (primary N) is 1. The molecule has 18 heavy (non-hydrogen) atoms. The van der Waals surface area contributed by atoms with Crippen molar-refractivity contribution >= 4 is 5.69 Å². The molecule has 0 aromatic heterocycles. The van der Waals surface area contributed by atoms with Gasteiger partial charge in [0.2, 0.25) is 0 Å². The van der Waals surface area contributed by atoms with E-state index in [1.165, 1.54) is 0 Å². The molecule has 3 heteroatoms. The molecule has 0 heterocycles. The lowest BCUT2D eigenvalue weighted by Crippen LogP contribution is -2.22. The number of nitrogen functional groups attached to an aromatic ring is 1. The number of anilines is 1. The molecule has 1 aromatic carbocycles. The Kier molecular flexibility index (Phi) is 5.23. The van der Waals surface area contributed by atoms with Crippen molar-refractivity contribution in [2.45, 2.75) is 32.8 Å². The molecule has 0 amide bonds. The van der Waals surface area contributed by atoms with E-state index in [0.717, 1.165) is 23.4 Å². The maximum Gasteiger partial charge on any atom is 0.123 e. The molecule has 1 rings (SSSR count). The van der Waals surface area contributed by atoms with Crippen molar-refractivity contribution in [1.82, 2.24) is 0 Å². The first-order valence-corrected chi connectivity index (χ1v) is 6.18. The maximum absolute atomic E-state index is 5.76. The number of hydrogen-bond donors (Lipinski definition) is 1. The van der Waals surface area contributed by atoms with Crippen molar-refractivity contribution in [1.29, 1.82) is 0 Å². The van der Waals surface area contributed by atoms with Gasteiger partial charge in [0, 0.05) is 5.69 Å². The highest BCUT2D eigenvalue weighted by Gasteiger charge is 2.09. The highest BCUT2D eigenvalue weighted by molar-refractivity contribution is 5.48. The van der Waals surface area contributed by atoms with Crippen molar-refractivity contribution in [3.63, 3.8) is 0 Å². The molecule has 0 aliphatic heterocycles. The van der Waals surface area contributed by atoms with Gasteiger partial charge in [0.05, 0.1) is 12.2 Å².